The Kier molecular flexibility index (Phi) is 2.26. The summed E-state index contributed by atoms with van der Waals surface area (Å²) in [5.74, 6) is 0. The Morgan fingerprint density at radius 3 is 2.67 bits per heavy atom. The molecule has 0 radical (unpaired) electrons. The third-order valence-electron chi connectivity index (χ3n) is 1.25. The van der Waals surface area contributed by atoms with E-state index in [-0.39, 0.29) is 6.09 Å². The third kappa shape index (κ3) is 2.45. The van der Waals surface area contributed by atoms with Gasteiger partial charge in [0.1, 0.15) is 5.60 Å². The van der Waals surface area contributed by atoms with Gasteiger partial charge >= 0.3 is 6.09 Å². The van der Waals surface area contributed by atoms with E-state index in [0.29, 0.717) is 6.54 Å². The predicted octanol–water partition coefficient (Wildman–Crippen LogP) is 1.26. The van der Waals surface area contributed by atoms with Crippen molar-refractivity contribution >= 4 is 6.09 Å². The van der Waals surface area contributed by atoms with Gasteiger partial charge < -0.3 is 10.2 Å². The van der Waals surface area contributed by atoms with Crippen LogP contribution >= 0.6 is 0 Å². The number of rotatable bonds is 0. The second-order valence-electron chi connectivity index (χ2n) is 3.62. The van der Waals surface area contributed by atoms with Gasteiger partial charge in [-0.25, -0.2) is 9.80 Å². The van der Waals surface area contributed by atoms with Gasteiger partial charge in [-0.15, -0.1) is 0 Å². The number of nitrogens with zero attached hydrogens (tertiary/aromatic N) is 1. The van der Waals surface area contributed by atoms with Gasteiger partial charge in [0.25, 0.3) is 0 Å². The number of nitrogens with one attached hydrogen (secondary N) is 1. The molecular weight excluding hydrogens is 156 g/mol. The van der Waals surface area contributed by atoms with Crippen molar-refractivity contribution < 1.29 is 9.53 Å². The minimum absolute atomic E-state index is 0.340. The molecular formula is C8H14N2O2. The van der Waals surface area contributed by atoms with Crippen molar-refractivity contribution in [3.63, 3.8) is 0 Å². The average Bonchev–Trinajstić information content (AvgIpc) is 2.32. The highest BCUT2D eigenvalue weighted by atomic mass is 16.6. The maximum atomic E-state index is 11.3. The van der Waals surface area contributed by atoms with E-state index in [0.717, 1.165) is 0 Å². The van der Waals surface area contributed by atoms with E-state index in [1.165, 1.54) is 5.01 Å². The Morgan fingerprint density at radius 1 is 1.58 bits per heavy atom. The smallest absolute Gasteiger partial charge is 0.429 e. The van der Waals surface area contributed by atoms with E-state index < -0.39 is 5.60 Å². The lowest BCUT2D eigenvalue weighted by Gasteiger charge is -2.24. The zero-order valence-corrected chi connectivity index (χ0v) is 7.63. The highest BCUT2D eigenvalue weighted by Crippen LogP contribution is 2.09. The second kappa shape index (κ2) is 3.05. The van der Waals surface area contributed by atoms with E-state index in [9.17, 15) is 4.79 Å². The molecule has 1 aliphatic rings. The molecule has 0 unspecified atom stereocenters. The van der Waals surface area contributed by atoms with E-state index in [2.05, 4.69) is 5.43 Å². The largest absolute Gasteiger partial charge is 0.442 e. The molecule has 0 atom stereocenters. The van der Waals surface area contributed by atoms with Gasteiger partial charge in [-0.2, -0.15) is 0 Å². The fourth-order valence-corrected chi connectivity index (χ4v) is 0.798. The number of amides is 1. The zero-order chi connectivity index (χ0) is 9.19. The van der Waals surface area contributed by atoms with Crippen LogP contribution in [-0.2, 0) is 4.74 Å². The molecule has 4 nitrogen and oxygen atoms in total. The van der Waals surface area contributed by atoms with E-state index in [1.54, 1.807) is 6.20 Å². The number of carbonyl (C=O) groups is 1. The van der Waals surface area contributed by atoms with Gasteiger partial charge in [0.05, 0.1) is 6.54 Å². The van der Waals surface area contributed by atoms with E-state index in [1.807, 2.05) is 26.8 Å². The van der Waals surface area contributed by atoms with Gasteiger partial charge in [-0.1, -0.05) is 0 Å². The lowest BCUT2D eigenvalue weighted by molar-refractivity contribution is 0.0224. The lowest BCUT2D eigenvalue weighted by atomic mass is 10.2. The summed E-state index contributed by atoms with van der Waals surface area (Å²) in [4.78, 5) is 11.3. The number of hydrogen-bond donors (Lipinski definition) is 1. The fourth-order valence-electron chi connectivity index (χ4n) is 0.798. The molecule has 1 rings (SSSR count). The maximum absolute atomic E-state index is 11.3. The van der Waals surface area contributed by atoms with Crippen LogP contribution in [-0.4, -0.2) is 23.2 Å². The van der Waals surface area contributed by atoms with Crippen LogP contribution in [0.5, 0.6) is 0 Å². The predicted molar refractivity (Wildman–Crippen MR) is 45.2 cm³/mol. The third-order valence-corrected chi connectivity index (χ3v) is 1.25. The highest BCUT2D eigenvalue weighted by molar-refractivity contribution is 5.68. The normalized spacial score (nSPS) is 16.1. The Bertz CT molecular complexity index is 198. The summed E-state index contributed by atoms with van der Waals surface area (Å²) in [6.07, 6.45) is 3.22. The van der Waals surface area contributed by atoms with Crippen LogP contribution in [0.4, 0.5) is 4.79 Å². The van der Waals surface area contributed by atoms with E-state index >= 15 is 0 Å². The zero-order valence-electron chi connectivity index (χ0n) is 7.63. The first-order chi connectivity index (χ1) is 5.49. The van der Waals surface area contributed by atoms with Crippen molar-refractivity contribution in [2.75, 3.05) is 6.54 Å². The molecule has 1 aliphatic heterocycles. The van der Waals surface area contributed by atoms with Crippen LogP contribution in [0.15, 0.2) is 12.3 Å². The molecule has 0 spiro atoms. The van der Waals surface area contributed by atoms with Crippen molar-refractivity contribution in [3.8, 4) is 0 Å². The molecule has 0 bridgehead atoms. The van der Waals surface area contributed by atoms with Crippen LogP contribution < -0.4 is 5.43 Å². The molecule has 0 saturated carbocycles. The van der Waals surface area contributed by atoms with Crippen molar-refractivity contribution in [2.45, 2.75) is 26.4 Å². The van der Waals surface area contributed by atoms with Crippen LogP contribution in [0.1, 0.15) is 20.8 Å². The summed E-state index contributed by atoms with van der Waals surface area (Å²) < 4.78 is 5.11. The van der Waals surface area contributed by atoms with Gasteiger partial charge in [0.15, 0.2) is 0 Å². The SMILES string of the molecule is CC(C)(C)OC(=O)N1CC=CN1. The molecule has 1 heterocycles. The quantitative estimate of drug-likeness (QED) is 0.595. The van der Waals surface area contributed by atoms with Gasteiger partial charge in [-0.05, 0) is 26.8 Å². The minimum atomic E-state index is -0.429. The summed E-state index contributed by atoms with van der Waals surface area (Å²) >= 11 is 0. The summed E-state index contributed by atoms with van der Waals surface area (Å²) in [5.41, 5.74) is 2.33. The topological polar surface area (TPSA) is 41.6 Å². The van der Waals surface area contributed by atoms with Crippen LogP contribution in [0.25, 0.3) is 0 Å². The lowest BCUT2D eigenvalue weighted by Crippen LogP contribution is -2.40. The Morgan fingerprint density at radius 2 is 2.25 bits per heavy atom. The highest BCUT2D eigenvalue weighted by Gasteiger charge is 2.22. The number of hydrazine groups is 1. The average molecular weight is 170 g/mol. The summed E-state index contributed by atoms with van der Waals surface area (Å²) in [6, 6.07) is 0. The van der Waals surface area contributed by atoms with Crippen molar-refractivity contribution in [1.29, 1.82) is 0 Å². The van der Waals surface area contributed by atoms with Gasteiger partial charge in [0.2, 0.25) is 0 Å². The fraction of sp³-hybridized carbons (Fsp3) is 0.625. The standard InChI is InChI=1S/C8H14N2O2/c1-8(2,3)12-7(11)10-6-4-5-9-10/h4-5,9H,6H2,1-3H3. The Balaban J connectivity index is 2.39. The number of ether oxygens (including phenoxy) is 1. The van der Waals surface area contributed by atoms with Gasteiger partial charge in [-0.3, -0.25) is 0 Å². The first kappa shape index (κ1) is 8.90. The Labute approximate surface area is 72.2 Å². The summed E-state index contributed by atoms with van der Waals surface area (Å²) in [7, 11) is 0. The molecule has 12 heavy (non-hydrogen) atoms. The monoisotopic (exact) mass is 170 g/mol. The van der Waals surface area contributed by atoms with Crippen molar-refractivity contribution in [2.24, 2.45) is 0 Å². The van der Waals surface area contributed by atoms with Crippen LogP contribution in [0.3, 0.4) is 0 Å². The molecule has 1 N–H and O–H groups in total. The molecule has 0 aromatic carbocycles. The summed E-state index contributed by atoms with van der Waals surface area (Å²) in [6.45, 7) is 6.09. The molecule has 0 aliphatic carbocycles. The second-order valence-corrected chi connectivity index (χ2v) is 3.62. The summed E-state index contributed by atoms with van der Waals surface area (Å²) in [5, 5.41) is 1.41. The van der Waals surface area contributed by atoms with Crippen LogP contribution in [0, 0.1) is 0 Å². The molecule has 4 heteroatoms. The van der Waals surface area contributed by atoms with Gasteiger partial charge in [0, 0.05) is 6.20 Å². The molecule has 0 saturated heterocycles. The molecule has 68 valence electrons. The van der Waals surface area contributed by atoms with Crippen molar-refractivity contribution in [1.82, 2.24) is 10.4 Å². The minimum Gasteiger partial charge on any atom is -0.442 e. The van der Waals surface area contributed by atoms with Crippen LogP contribution in [0.2, 0.25) is 0 Å². The first-order valence-electron chi connectivity index (χ1n) is 3.91. The maximum Gasteiger partial charge on any atom is 0.429 e. The van der Waals surface area contributed by atoms with E-state index in [4.69, 9.17) is 4.74 Å². The number of hydrogen-bond acceptors (Lipinski definition) is 3. The Hall–Kier alpha value is -1.19. The van der Waals surface area contributed by atoms with Crippen molar-refractivity contribution in [3.05, 3.63) is 12.3 Å². The molecule has 1 amide bonds. The first-order valence-corrected chi connectivity index (χ1v) is 3.91. The molecule has 0 aromatic rings. The molecule has 0 aromatic heterocycles. The number of carbonyl (C=O) groups excluding carboxylic acids is 1. The molecule has 0 fully saturated rings.